The van der Waals surface area contributed by atoms with Gasteiger partial charge in [-0.3, -0.25) is 4.90 Å². The van der Waals surface area contributed by atoms with E-state index in [0.29, 0.717) is 6.54 Å². The van der Waals surface area contributed by atoms with Gasteiger partial charge in [-0.15, -0.1) is 0 Å². The molecule has 1 amide bonds. The van der Waals surface area contributed by atoms with Gasteiger partial charge in [0.15, 0.2) is 0 Å². The van der Waals surface area contributed by atoms with Gasteiger partial charge in [0, 0.05) is 19.6 Å². The van der Waals surface area contributed by atoms with Crippen LogP contribution in [0.25, 0.3) is 0 Å². The summed E-state index contributed by atoms with van der Waals surface area (Å²) in [6.07, 6.45) is 2.38. The van der Waals surface area contributed by atoms with Gasteiger partial charge in [0.2, 0.25) is 0 Å². The van der Waals surface area contributed by atoms with Crippen LogP contribution in [-0.2, 0) is 17.8 Å². The van der Waals surface area contributed by atoms with E-state index < -0.39 is 0 Å². The molecule has 2 fully saturated rings. The predicted octanol–water partition coefficient (Wildman–Crippen LogP) is 3.28. The summed E-state index contributed by atoms with van der Waals surface area (Å²) < 4.78 is 5.28. The Morgan fingerprint density at radius 2 is 1.43 bits per heavy atom. The van der Waals surface area contributed by atoms with Crippen LogP contribution in [0.4, 0.5) is 4.79 Å². The molecule has 0 aliphatic carbocycles. The number of hydrogen-bond donors (Lipinski definition) is 2. The van der Waals surface area contributed by atoms with Gasteiger partial charge < -0.3 is 15.4 Å². The average molecular weight is 402 g/mol. The lowest BCUT2D eigenvalue weighted by Crippen LogP contribution is -2.33. The molecular formula is C22H31N3O2S. The van der Waals surface area contributed by atoms with Crippen LogP contribution in [0.5, 0.6) is 0 Å². The highest BCUT2D eigenvalue weighted by Gasteiger charge is 2.24. The minimum atomic E-state index is -0.315. The standard InChI is InChI=1S/C18H20N2O2.C4H9N.H2S/c21-18-19-11-17(22-18)14-20(12-15-7-3-1-4-8-15)13-16-9-5-2-6-10-16;1-2-4-5-3-1;/h1-10,17H,11-14H2,(H,19,21);5H,1-4H2;1H2/t17-;;/m0../s1. The van der Waals surface area contributed by atoms with Crippen molar-refractivity contribution in [3.05, 3.63) is 71.8 Å². The first-order valence-corrected chi connectivity index (χ1v) is 9.75. The first kappa shape index (κ1) is 22.3. The summed E-state index contributed by atoms with van der Waals surface area (Å²) in [6.45, 7) is 5.48. The molecule has 0 spiro atoms. The highest BCUT2D eigenvalue weighted by atomic mass is 32.1. The Labute approximate surface area is 174 Å². The lowest BCUT2D eigenvalue weighted by atomic mass is 10.1. The van der Waals surface area contributed by atoms with Gasteiger partial charge in [-0.05, 0) is 37.1 Å². The molecule has 28 heavy (non-hydrogen) atoms. The van der Waals surface area contributed by atoms with E-state index >= 15 is 0 Å². The van der Waals surface area contributed by atoms with Crippen LogP contribution in [0, 0.1) is 0 Å². The minimum absolute atomic E-state index is 0. The van der Waals surface area contributed by atoms with Gasteiger partial charge in [-0.25, -0.2) is 4.79 Å². The third-order valence-electron chi connectivity index (χ3n) is 4.66. The maximum absolute atomic E-state index is 11.2. The molecule has 2 aromatic rings. The molecule has 152 valence electrons. The molecule has 2 N–H and O–H groups in total. The first-order chi connectivity index (χ1) is 13.3. The van der Waals surface area contributed by atoms with Crippen molar-refractivity contribution in [3.8, 4) is 0 Å². The number of cyclic esters (lactones) is 1. The van der Waals surface area contributed by atoms with E-state index in [1.54, 1.807) is 0 Å². The van der Waals surface area contributed by atoms with E-state index in [-0.39, 0.29) is 25.7 Å². The number of nitrogens with zero attached hydrogens (tertiary/aromatic N) is 1. The Morgan fingerprint density at radius 1 is 0.893 bits per heavy atom. The largest absolute Gasteiger partial charge is 0.443 e. The van der Waals surface area contributed by atoms with Gasteiger partial charge in [-0.1, -0.05) is 60.7 Å². The van der Waals surface area contributed by atoms with E-state index in [0.717, 1.165) is 19.6 Å². The molecule has 2 aromatic carbocycles. The van der Waals surface area contributed by atoms with Crippen LogP contribution in [-0.4, -0.2) is 43.3 Å². The second-order valence-corrected chi connectivity index (χ2v) is 7.01. The van der Waals surface area contributed by atoms with E-state index in [1.807, 2.05) is 36.4 Å². The van der Waals surface area contributed by atoms with Crippen molar-refractivity contribution >= 4 is 19.6 Å². The number of rotatable bonds is 6. The first-order valence-electron chi connectivity index (χ1n) is 9.75. The Hall–Kier alpha value is -2.02. The van der Waals surface area contributed by atoms with Gasteiger partial charge in [-0.2, -0.15) is 13.5 Å². The number of carbonyl (C=O) groups is 1. The van der Waals surface area contributed by atoms with Crippen molar-refractivity contribution in [2.75, 3.05) is 26.2 Å². The molecule has 1 atom stereocenters. The molecule has 0 aromatic heterocycles. The molecule has 2 aliphatic heterocycles. The third-order valence-corrected chi connectivity index (χ3v) is 4.66. The molecule has 0 unspecified atom stereocenters. The summed E-state index contributed by atoms with van der Waals surface area (Å²) in [7, 11) is 0. The molecule has 2 saturated heterocycles. The van der Waals surface area contributed by atoms with E-state index in [2.05, 4.69) is 39.8 Å². The molecular weight excluding hydrogens is 370 g/mol. The van der Waals surface area contributed by atoms with Crippen LogP contribution in [0.3, 0.4) is 0 Å². The van der Waals surface area contributed by atoms with Crippen molar-refractivity contribution in [3.63, 3.8) is 0 Å². The van der Waals surface area contributed by atoms with Gasteiger partial charge in [0.1, 0.15) is 6.10 Å². The van der Waals surface area contributed by atoms with E-state index in [1.165, 1.54) is 37.1 Å². The Morgan fingerprint density at radius 3 is 1.82 bits per heavy atom. The average Bonchev–Trinajstić information content (AvgIpc) is 3.39. The second kappa shape index (κ2) is 12.4. The lowest BCUT2D eigenvalue weighted by Gasteiger charge is -2.24. The number of hydrogen-bond acceptors (Lipinski definition) is 4. The fraction of sp³-hybridized carbons (Fsp3) is 0.409. The summed E-state index contributed by atoms with van der Waals surface area (Å²) in [6, 6.07) is 20.7. The molecule has 6 heteroatoms. The molecule has 5 nitrogen and oxygen atoms in total. The zero-order valence-electron chi connectivity index (χ0n) is 16.3. The van der Waals surface area contributed by atoms with E-state index in [9.17, 15) is 4.79 Å². The summed E-state index contributed by atoms with van der Waals surface area (Å²) in [4.78, 5) is 13.5. The summed E-state index contributed by atoms with van der Waals surface area (Å²) in [5.74, 6) is 0. The Kier molecular flexibility index (Phi) is 9.90. The van der Waals surface area contributed by atoms with Gasteiger partial charge in [0.05, 0.1) is 6.54 Å². The van der Waals surface area contributed by atoms with Crippen molar-refractivity contribution in [2.24, 2.45) is 0 Å². The number of benzene rings is 2. The van der Waals surface area contributed by atoms with Crippen LogP contribution in [0.15, 0.2) is 60.7 Å². The quantitative estimate of drug-likeness (QED) is 0.780. The second-order valence-electron chi connectivity index (χ2n) is 7.01. The predicted molar refractivity (Wildman–Crippen MR) is 118 cm³/mol. The summed E-state index contributed by atoms with van der Waals surface area (Å²) >= 11 is 0. The van der Waals surface area contributed by atoms with Gasteiger partial charge >= 0.3 is 6.09 Å². The number of nitrogens with one attached hydrogen (secondary N) is 2. The number of carbonyl (C=O) groups excluding carboxylic acids is 1. The van der Waals surface area contributed by atoms with E-state index in [4.69, 9.17) is 4.74 Å². The highest BCUT2D eigenvalue weighted by Crippen LogP contribution is 2.12. The molecule has 4 rings (SSSR count). The smallest absolute Gasteiger partial charge is 0.407 e. The highest BCUT2D eigenvalue weighted by molar-refractivity contribution is 7.59. The number of amides is 1. The topological polar surface area (TPSA) is 53.6 Å². The lowest BCUT2D eigenvalue weighted by molar-refractivity contribution is 0.103. The SMILES string of the molecule is C1CCNC1.O=C1NC[C@@H](CN(Cc2ccccc2)Cc2ccccc2)O1.S. The maximum atomic E-state index is 11.2. The fourth-order valence-electron chi connectivity index (χ4n) is 3.31. The molecule has 2 heterocycles. The molecule has 0 radical (unpaired) electrons. The fourth-order valence-corrected chi connectivity index (χ4v) is 3.31. The monoisotopic (exact) mass is 401 g/mol. The van der Waals surface area contributed by atoms with Crippen LogP contribution in [0.2, 0.25) is 0 Å². The Balaban J connectivity index is 0.000000408. The Bertz CT molecular complexity index is 632. The third kappa shape index (κ3) is 7.92. The zero-order valence-corrected chi connectivity index (χ0v) is 17.3. The maximum Gasteiger partial charge on any atom is 0.407 e. The van der Waals surface area contributed by atoms with Gasteiger partial charge in [0.25, 0.3) is 0 Å². The normalized spacial score (nSPS) is 17.9. The number of ether oxygens (including phenoxy) is 1. The molecule has 0 bridgehead atoms. The van der Waals surface area contributed by atoms with Crippen LogP contribution >= 0.6 is 13.5 Å². The zero-order chi connectivity index (χ0) is 18.7. The minimum Gasteiger partial charge on any atom is -0.443 e. The van der Waals surface area contributed by atoms with Crippen molar-refractivity contribution in [2.45, 2.75) is 32.0 Å². The van der Waals surface area contributed by atoms with Crippen molar-refractivity contribution in [1.82, 2.24) is 15.5 Å². The van der Waals surface area contributed by atoms with Crippen molar-refractivity contribution < 1.29 is 9.53 Å². The molecule has 0 saturated carbocycles. The summed E-state index contributed by atoms with van der Waals surface area (Å²) in [5.41, 5.74) is 2.52. The molecule has 2 aliphatic rings. The van der Waals surface area contributed by atoms with Crippen LogP contribution in [0.1, 0.15) is 24.0 Å². The van der Waals surface area contributed by atoms with Crippen LogP contribution < -0.4 is 10.6 Å². The summed E-state index contributed by atoms with van der Waals surface area (Å²) in [5, 5.41) is 5.94. The van der Waals surface area contributed by atoms with Crippen molar-refractivity contribution in [1.29, 1.82) is 0 Å². The number of alkyl carbamates (subject to hydrolysis) is 1.